The van der Waals surface area contributed by atoms with Gasteiger partial charge in [0, 0.05) is 18.9 Å². The van der Waals surface area contributed by atoms with Crippen LogP contribution in [-0.2, 0) is 6.54 Å². The molecule has 0 spiro atoms. The van der Waals surface area contributed by atoms with Gasteiger partial charge in [0.15, 0.2) is 0 Å². The minimum absolute atomic E-state index is 0.522. The van der Waals surface area contributed by atoms with E-state index in [0.29, 0.717) is 5.92 Å². The number of aromatic nitrogens is 2. The minimum Gasteiger partial charge on any atom is -0.330 e. The van der Waals surface area contributed by atoms with Gasteiger partial charge in [0.2, 0.25) is 0 Å². The van der Waals surface area contributed by atoms with Crippen LogP contribution >= 0.6 is 0 Å². The van der Waals surface area contributed by atoms with Crippen LogP contribution in [0, 0.1) is 5.92 Å². The third-order valence-corrected chi connectivity index (χ3v) is 2.40. The fourth-order valence-corrected chi connectivity index (χ4v) is 1.43. The fourth-order valence-electron chi connectivity index (χ4n) is 1.43. The van der Waals surface area contributed by atoms with Gasteiger partial charge in [-0.2, -0.15) is 0 Å². The third-order valence-electron chi connectivity index (χ3n) is 2.40. The van der Waals surface area contributed by atoms with E-state index in [1.165, 1.54) is 0 Å². The Morgan fingerprint density at radius 3 is 2.60 bits per heavy atom. The molecule has 4 heteroatoms. The molecule has 0 saturated heterocycles. The van der Waals surface area contributed by atoms with Crippen molar-refractivity contribution in [3.63, 3.8) is 0 Å². The maximum atomic E-state index is 5.61. The monoisotopic (exact) mass is 208 g/mol. The second-order valence-corrected chi connectivity index (χ2v) is 3.83. The van der Waals surface area contributed by atoms with Crippen LogP contribution in [-0.4, -0.2) is 34.5 Å². The zero-order valence-corrected chi connectivity index (χ0v) is 9.56. The van der Waals surface area contributed by atoms with E-state index in [-0.39, 0.29) is 0 Å². The normalized spacial score (nSPS) is 13.1. The maximum Gasteiger partial charge on any atom is 0.142 e. The first kappa shape index (κ1) is 12.1. The van der Waals surface area contributed by atoms with Gasteiger partial charge in [0.25, 0.3) is 0 Å². The predicted octanol–water partition coefficient (Wildman–Crippen LogP) is 0.893. The molecule has 4 nitrogen and oxygen atoms in total. The summed E-state index contributed by atoms with van der Waals surface area (Å²) in [6, 6.07) is 1.84. The molecule has 1 atom stereocenters. The second-order valence-electron chi connectivity index (χ2n) is 3.83. The van der Waals surface area contributed by atoms with Crippen molar-refractivity contribution in [2.45, 2.75) is 20.4 Å². The molecule has 0 aromatic carbocycles. The Bertz CT molecular complexity index is 263. The summed E-state index contributed by atoms with van der Waals surface area (Å²) in [7, 11) is 0. The van der Waals surface area contributed by atoms with E-state index in [4.69, 9.17) is 5.73 Å². The van der Waals surface area contributed by atoms with Crippen LogP contribution in [0.5, 0.6) is 0 Å². The van der Waals surface area contributed by atoms with E-state index in [0.717, 1.165) is 32.0 Å². The van der Waals surface area contributed by atoms with E-state index in [9.17, 15) is 0 Å². The molecule has 0 bridgehead atoms. The van der Waals surface area contributed by atoms with Crippen LogP contribution in [0.3, 0.4) is 0 Å². The summed E-state index contributed by atoms with van der Waals surface area (Å²) >= 11 is 0. The van der Waals surface area contributed by atoms with E-state index >= 15 is 0 Å². The van der Waals surface area contributed by atoms with Crippen molar-refractivity contribution in [1.29, 1.82) is 0 Å². The topological polar surface area (TPSA) is 55.0 Å². The molecular formula is C11H20N4. The Morgan fingerprint density at radius 1 is 1.40 bits per heavy atom. The zero-order valence-electron chi connectivity index (χ0n) is 9.56. The maximum absolute atomic E-state index is 5.61. The standard InChI is InChI=1S/C11H20N4/c1-3-15(8-10(2)7-12)9-11-13-5-4-6-14-11/h4-6,10H,3,7-9,12H2,1-2H3. The van der Waals surface area contributed by atoms with Gasteiger partial charge in [-0.1, -0.05) is 13.8 Å². The summed E-state index contributed by atoms with van der Waals surface area (Å²) in [6.45, 7) is 7.85. The van der Waals surface area contributed by atoms with Gasteiger partial charge in [-0.15, -0.1) is 0 Å². The minimum atomic E-state index is 0.522. The molecule has 1 aromatic rings. The molecule has 84 valence electrons. The van der Waals surface area contributed by atoms with Gasteiger partial charge in [0.1, 0.15) is 5.82 Å². The van der Waals surface area contributed by atoms with Crippen LogP contribution in [0.15, 0.2) is 18.5 Å². The van der Waals surface area contributed by atoms with Crippen molar-refractivity contribution in [2.75, 3.05) is 19.6 Å². The van der Waals surface area contributed by atoms with E-state index < -0.39 is 0 Å². The summed E-state index contributed by atoms with van der Waals surface area (Å²) in [4.78, 5) is 10.7. The summed E-state index contributed by atoms with van der Waals surface area (Å²) in [6.07, 6.45) is 3.56. The average molecular weight is 208 g/mol. The van der Waals surface area contributed by atoms with Crippen molar-refractivity contribution in [2.24, 2.45) is 11.7 Å². The van der Waals surface area contributed by atoms with Crippen molar-refractivity contribution >= 4 is 0 Å². The lowest BCUT2D eigenvalue weighted by atomic mass is 10.1. The Morgan fingerprint density at radius 2 is 2.07 bits per heavy atom. The van der Waals surface area contributed by atoms with Crippen LogP contribution in [0.1, 0.15) is 19.7 Å². The molecule has 0 aliphatic rings. The molecule has 1 unspecified atom stereocenters. The summed E-state index contributed by atoms with van der Waals surface area (Å²) in [5.41, 5.74) is 5.61. The number of nitrogens with two attached hydrogens (primary N) is 1. The van der Waals surface area contributed by atoms with Gasteiger partial charge in [-0.05, 0) is 25.1 Å². The quantitative estimate of drug-likeness (QED) is 0.754. The largest absolute Gasteiger partial charge is 0.330 e. The Kier molecular flexibility index (Phi) is 5.21. The highest BCUT2D eigenvalue weighted by Gasteiger charge is 2.08. The molecule has 1 aromatic heterocycles. The van der Waals surface area contributed by atoms with Gasteiger partial charge in [0.05, 0.1) is 6.54 Å². The van der Waals surface area contributed by atoms with Crippen molar-refractivity contribution in [3.8, 4) is 0 Å². The molecule has 0 amide bonds. The van der Waals surface area contributed by atoms with E-state index in [1.54, 1.807) is 12.4 Å². The lowest BCUT2D eigenvalue weighted by molar-refractivity contribution is 0.238. The first-order valence-corrected chi connectivity index (χ1v) is 5.44. The summed E-state index contributed by atoms with van der Waals surface area (Å²) < 4.78 is 0. The average Bonchev–Trinajstić information content (AvgIpc) is 2.29. The fraction of sp³-hybridized carbons (Fsp3) is 0.636. The smallest absolute Gasteiger partial charge is 0.142 e. The predicted molar refractivity (Wildman–Crippen MR) is 61.2 cm³/mol. The molecule has 2 N–H and O–H groups in total. The molecule has 1 rings (SSSR count). The van der Waals surface area contributed by atoms with Crippen molar-refractivity contribution in [1.82, 2.24) is 14.9 Å². The number of rotatable bonds is 6. The highest BCUT2D eigenvalue weighted by atomic mass is 15.1. The molecule has 1 heterocycles. The summed E-state index contributed by atoms with van der Waals surface area (Å²) in [5, 5.41) is 0. The lowest BCUT2D eigenvalue weighted by Gasteiger charge is -2.22. The van der Waals surface area contributed by atoms with Gasteiger partial charge in [-0.25, -0.2) is 9.97 Å². The molecular weight excluding hydrogens is 188 g/mol. The first-order chi connectivity index (χ1) is 7.26. The van der Waals surface area contributed by atoms with Gasteiger partial charge in [-0.3, -0.25) is 4.90 Å². The highest BCUT2D eigenvalue weighted by molar-refractivity contribution is 4.88. The third kappa shape index (κ3) is 4.36. The Balaban J connectivity index is 2.47. The molecule has 0 aliphatic heterocycles. The Labute approximate surface area is 91.5 Å². The van der Waals surface area contributed by atoms with Crippen LogP contribution in [0.2, 0.25) is 0 Å². The number of hydrogen-bond donors (Lipinski definition) is 1. The SMILES string of the molecule is CCN(Cc1ncccn1)CC(C)CN. The Hall–Kier alpha value is -1.00. The lowest BCUT2D eigenvalue weighted by Crippen LogP contribution is -2.31. The first-order valence-electron chi connectivity index (χ1n) is 5.44. The van der Waals surface area contributed by atoms with Crippen molar-refractivity contribution in [3.05, 3.63) is 24.3 Å². The molecule has 0 radical (unpaired) electrons. The van der Waals surface area contributed by atoms with Crippen LogP contribution in [0.4, 0.5) is 0 Å². The van der Waals surface area contributed by atoms with Crippen molar-refractivity contribution < 1.29 is 0 Å². The van der Waals surface area contributed by atoms with Crippen LogP contribution in [0.25, 0.3) is 0 Å². The molecule has 0 fully saturated rings. The highest BCUT2D eigenvalue weighted by Crippen LogP contribution is 2.02. The van der Waals surface area contributed by atoms with E-state index in [1.807, 2.05) is 6.07 Å². The second kappa shape index (κ2) is 6.48. The number of hydrogen-bond acceptors (Lipinski definition) is 4. The van der Waals surface area contributed by atoms with Gasteiger partial charge >= 0.3 is 0 Å². The summed E-state index contributed by atoms with van der Waals surface area (Å²) in [5.74, 6) is 1.40. The van der Waals surface area contributed by atoms with Crippen LogP contribution < -0.4 is 5.73 Å². The van der Waals surface area contributed by atoms with Gasteiger partial charge < -0.3 is 5.73 Å². The molecule has 0 saturated carbocycles. The van der Waals surface area contributed by atoms with E-state index in [2.05, 4.69) is 28.7 Å². The zero-order chi connectivity index (χ0) is 11.1. The molecule has 15 heavy (non-hydrogen) atoms. The number of nitrogens with zero attached hydrogens (tertiary/aromatic N) is 3. The molecule has 0 aliphatic carbocycles.